The molecule has 2 bridgehead atoms. The molecule has 0 unspecified atom stereocenters. The van der Waals surface area contributed by atoms with Crippen molar-refractivity contribution < 1.29 is 26.8 Å². The van der Waals surface area contributed by atoms with E-state index in [0.29, 0.717) is 17.8 Å². The Morgan fingerprint density at radius 3 is 2.70 bits per heavy atom. The number of carbonyl (C=O) groups is 1. The van der Waals surface area contributed by atoms with Crippen molar-refractivity contribution in [2.75, 3.05) is 5.32 Å². The van der Waals surface area contributed by atoms with Crippen molar-refractivity contribution >= 4 is 23.3 Å². The van der Waals surface area contributed by atoms with Crippen LogP contribution in [0.2, 0.25) is 5.02 Å². The van der Waals surface area contributed by atoms with E-state index in [1.807, 2.05) is 0 Å². The van der Waals surface area contributed by atoms with Gasteiger partial charge in [0.15, 0.2) is 0 Å². The van der Waals surface area contributed by atoms with E-state index in [2.05, 4.69) is 20.6 Å². The summed E-state index contributed by atoms with van der Waals surface area (Å²) in [4.78, 5) is 14.6. The normalized spacial score (nSPS) is 24.5. The van der Waals surface area contributed by atoms with Gasteiger partial charge in [-0.25, -0.2) is 9.48 Å². The lowest BCUT2D eigenvalue weighted by Crippen LogP contribution is -2.71. The number of hydrogen-bond donors (Lipinski definition) is 1. The van der Waals surface area contributed by atoms with Crippen molar-refractivity contribution in [3.63, 3.8) is 0 Å². The van der Waals surface area contributed by atoms with E-state index in [0.717, 1.165) is 6.07 Å². The smallest absolute Gasteiger partial charge is 0.392 e. The number of nitrogens with one attached hydrogen (secondary N) is 1. The van der Waals surface area contributed by atoms with Gasteiger partial charge < -0.3 is 14.6 Å². The number of likely N-dealkylation sites (tertiary alicyclic amines) is 1. The molecule has 1 saturated carbocycles. The number of nitrogens with zero attached hydrogens (tertiary/aromatic N) is 5. The molecule has 1 aliphatic carbocycles. The maximum Gasteiger partial charge on any atom is 0.392 e. The number of anilines is 1. The van der Waals surface area contributed by atoms with Crippen LogP contribution in [0, 0.1) is 18.8 Å². The number of rotatable bonds is 3. The Balaban J connectivity index is 1.44. The molecule has 1 N–H and O–H groups in total. The van der Waals surface area contributed by atoms with Crippen LogP contribution in [0.5, 0.6) is 0 Å². The summed E-state index contributed by atoms with van der Waals surface area (Å²) in [6.07, 6.45) is -3.30. The van der Waals surface area contributed by atoms with Crippen molar-refractivity contribution in [2.24, 2.45) is 5.92 Å². The topological polar surface area (TPSA) is 89.1 Å². The predicted octanol–water partition coefficient (Wildman–Crippen LogP) is 4.83. The van der Waals surface area contributed by atoms with E-state index in [1.165, 1.54) is 40.9 Å². The third-order valence-corrected chi connectivity index (χ3v) is 6.47. The van der Waals surface area contributed by atoms with Gasteiger partial charge in [0.2, 0.25) is 17.7 Å². The Kier molecular flexibility index (Phi) is 4.89. The average molecular weight is 485 g/mol. The molecule has 2 amide bonds. The number of urea groups is 1. The zero-order chi connectivity index (χ0) is 23.5. The lowest BCUT2D eigenvalue weighted by Gasteiger charge is -2.61. The third-order valence-electron chi connectivity index (χ3n) is 6.15. The molecule has 8 nitrogen and oxygen atoms in total. The van der Waals surface area contributed by atoms with Crippen molar-refractivity contribution in [3.8, 4) is 5.69 Å². The van der Waals surface area contributed by atoms with Crippen LogP contribution >= 0.6 is 11.6 Å². The number of carbonyl (C=O) groups excluding carboxylic acids is 1. The number of hydrogen-bond acceptors (Lipinski definition) is 5. The second-order valence-electron chi connectivity index (χ2n) is 8.24. The van der Waals surface area contributed by atoms with Gasteiger partial charge >= 0.3 is 12.2 Å². The minimum Gasteiger partial charge on any atom is -0.423 e. The maximum absolute atomic E-state index is 13.5. The number of halogens is 5. The Morgan fingerprint density at radius 1 is 1.27 bits per heavy atom. The highest BCUT2D eigenvalue weighted by atomic mass is 35.5. The Hall–Kier alpha value is -3.15. The van der Waals surface area contributed by atoms with Crippen molar-refractivity contribution in [1.82, 2.24) is 24.9 Å². The molecule has 174 valence electrons. The van der Waals surface area contributed by atoms with Gasteiger partial charge in [-0.15, -0.1) is 15.3 Å². The van der Waals surface area contributed by atoms with Crippen molar-refractivity contribution in [2.45, 2.75) is 43.9 Å². The zero-order valence-electron chi connectivity index (χ0n) is 17.1. The summed E-state index contributed by atoms with van der Waals surface area (Å²) in [5.74, 6) is -2.09. The van der Waals surface area contributed by atoms with Crippen molar-refractivity contribution in [1.29, 1.82) is 0 Å². The minimum absolute atomic E-state index is 0.0100. The van der Waals surface area contributed by atoms with Gasteiger partial charge in [-0.3, -0.25) is 0 Å². The second-order valence-corrected chi connectivity index (χ2v) is 8.65. The number of fused-ring (bicyclic) bond motifs is 2. The number of benzene rings is 1. The summed E-state index contributed by atoms with van der Waals surface area (Å²) < 4.78 is 60.5. The lowest BCUT2D eigenvalue weighted by atomic mass is 9.63. The first-order valence-corrected chi connectivity index (χ1v) is 10.4. The Morgan fingerprint density at radius 2 is 2.06 bits per heavy atom. The summed E-state index contributed by atoms with van der Waals surface area (Å²) in [7, 11) is 0. The molecule has 13 heteroatoms. The summed E-state index contributed by atoms with van der Waals surface area (Å²) >= 11 is 6.18. The highest BCUT2D eigenvalue weighted by molar-refractivity contribution is 6.32. The number of aromatic nitrogens is 4. The number of piperidine rings is 1. The highest BCUT2D eigenvalue weighted by Crippen LogP contribution is 2.58. The molecular weight excluding hydrogens is 468 g/mol. The quantitative estimate of drug-likeness (QED) is 0.538. The fourth-order valence-electron chi connectivity index (χ4n) is 4.76. The molecule has 2 fully saturated rings. The summed E-state index contributed by atoms with van der Waals surface area (Å²) in [5, 5.41) is 14.3. The van der Waals surface area contributed by atoms with Crippen molar-refractivity contribution in [3.05, 3.63) is 53.2 Å². The Labute approximate surface area is 189 Å². The minimum atomic E-state index is -4.40. The van der Waals surface area contributed by atoms with Crippen LogP contribution in [0.3, 0.4) is 0 Å². The van der Waals surface area contributed by atoms with Gasteiger partial charge in [0.05, 0.1) is 16.6 Å². The van der Waals surface area contributed by atoms with E-state index < -0.39 is 35.7 Å². The van der Waals surface area contributed by atoms with Crippen LogP contribution in [-0.4, -0.2) is 43.1 Å². The molecule has 3 atom stereocenters. The van der Waals surface area contributed by atoms with E-state index >= 15 is 0 Å². The number of amides is 2. The predicted molar refractivity (Wildman–Crippen MR) is 107 cm³/mol. The van der Waals surface area contributed by atoms with Crippen LogP contribution < -0.4 is 5.32 Å². The molecular formula is C20H17ClF4N6O2. The molecule has 5 rings (SSSR count). The maximum atomic E-state index is 13.5. The molecule has 3 heterocycles. The van der Waals surface area contributed by atoms with E-state index in [1.54, 1.807) is 0 Å². The second kappa shape index (κ2) is 7.44. The molecule has 1 aliphatic heterocycles. The van der Waals surface area contributed by atoms with Crippen LogP contribution in [0.4, 0.5) is 28.0 Å². The highest BCUT2D eigenvalue weighted by Gasteiger charge is 2.66. The third kappa shape index (κ3) is 3.62. The van der Waals surface area contributed by atoms with Gasteiger partial charge in [0.25, 0.3) is 0 Å². The molecule has 3 aromatic rings. The van der Waals surface area contributed by atoms with E-state index in [-0.39, 0.29) is 29.6 Å². The first kappa shape index (κ1) is 21.7. The largest absolute Gasteiger partial charge is 0.423 e. The van der Waals surface area contributed by atoms with Crippen LogP contribution in [0.15, 0.2) is 34.9 Å². The summed E-state index contributed by atoms with van der Waals surface area (Å²) in [5.41, 5.74) is -0.708. The molecule has 33 heavy (non-hydrogen) atoms. The molecule has 1 aromatic carbocycles. The number of alkyl halides is 3. The van der Waals surface area contributed by atoms with Gasteiger partial charge in [-0.05, 0) is 31.0 Å². The van der Waals surface area contributed by atoms with Gasteiger partial charge in [-0.1, -0.05) is 11.6 Å². The molecule has 2 aliphatic rings. The van der Waals surface area contributed by atoms with Crippen LogP contribution in [0.1, 0.15) is 31.0 Å². The van der Waals surface area contributed by atoms with Crippen LogP contribution in [-0.2, 0) is 5.54 Å². The number of aryl methyl sites for hydroxylation is 1. The van der Waals surface area contributed by atoms with Gasteiger partial charge in [0.1, 0.15) is 5.54 Å². The molecule has 0 radical (unpaired) electrons. The van der Waals surface area contributed by atoms with Gasteiger partial charge in [-0.2, -0.15) is 17.6 Å². The molecule has 1 saturated heterocycles. The average Bonchev–Trinajstić information content (AvgIpc) is 3.37. The Bertz CT molecular complexity index is 1230. The first-order valence-electron chi connectivity index (χ1n) is 10.1. The van der Waals surface area contributed by atoms with E-state index in [9.17, 15) is 22.4 Å². The zero-order valence-corrected chi connectivity index (χ0v) is 17.9. The fourth-order valence-corrected chi connectivity index (χ4v) is 4.97. The SMILES string of the molecule is Cc1nnc([C@]23C[C@H](C[C@H](C(F)(F)F)C2)N3C(=O)Nc2ccc(Cl)c(-n3ccc(F)n3)c2)o1. The standard InChI is InChI=1S/C20H17ClF4N6O2/c1-10-27-28-17(33-10)19-8-11(20(23,24)25)6-13(9-19)31(19)18(32)26-12-2-3-14(21)15(7-12)30-5-4-16(22)29-30/h2-5,7,11,13H,6,8-9H2,1H3,(H,26,32)/t11-,13-,19+/m0/s1. The van der Waals surface area contributed by atoms with Gasteiger partial charge in [0, 0.05) is 37.3 Å². The van der Waals surface area contributed by atoms with Crippen LogP contribution in [0.25, 0.3) is 5.69 Å². The van der Waals surface area contributed by atoms with E-state index in [4.69, 9.17) is 16.0 Å². The fraction of sp³-hybridized carbons (Fsp3) is 0.400. The lowest BCUT2D eigenvalue weighted by molar-refractivity contribution is -0.229. The molecule has 0 spiro atoms. The molecule has 2 aromatic heterocycles. The monoisotopic (exact) mass is 484 g/mol. The summed E-state index contributed by atoms with van der Waals surface area (Å²) in [6, 6.07) is 4.42. The summed E-state index contributed by atoms with van der Waals surface area (Å²) in [6.45, 7) is 1.53. The first-order chi connectivity index (χ1) is 15.6.